The van der Waals surface area contributed by atoms with Gasteiger partial charge in [0.05, 0.1) is 6.10 Å². The first-order valence-electron chi connectivity index (χ1n) is 6.65. The van der Waals surface area contributed by atoms with Crippen LogP contribution in [-0.4, -0.2) is 26.7 Å². The van der Waals surface area contributed by atoms with Gasteiger partial charge >= 0.3 is 4.87 Å². The van der Waals surface area contributed by atoms with Crippen molar-refractivity contribution in [2.45, 2.75) is 38.1 Å². The molecule has 3 rings (SSSR count). The van der Waals surface area contributed by atoms with E-state index < -0.39 is 17.8 Å². The number of hydrazine groups is 1. The Morgan fingerprint density at radius 3 is 3.00 bits per heavy atom. The fraction of sp³-hybridized carbons (Fsp3) is 0.545. The molecule has 3 heterocycles. The molecule has 1 unspecified atom stereocenters. The van der Waals surface area contributed by atoms with E-state index in [9.17, 15) is 14.5 Å². The summed E-state index contributed by atoms with van der Waals surface area (Å²) in [5.74, 6) is 5.31. The Morgan fingerprint density at radius 2 is 2.32 bits per heavy atom. The Morgan fingerprint density at radius 1 is 1.55 bits per heavy atom. The molecule has 11 heteroatoms. The number of rotatable bonds is 4. The Labute approximate surface area is 127 Å². The van der Waals surface area contributed by atoms with Crippen molar-refractivity contribution in [3.8, 4) is 0 Å². The van der Waals surface area contributed by atoms with Crippen LogP contribution in [0.25, 0.3) is 10.3 Å². The highest BCUT2D eigenvalue weighted by atomic mass is 32.1. The molecule has 1 fully saturated rings. The zero-order valence-corrected chi connectivity index (χ0v) is 12.4. The van der Waals surface area contributed by atoms with Crippen LogP contribution < -0.4 is 21.7 Å². The fourth-order valence-electron chi connectivity index (χ4n) is 2.51. The summed E-state index contributed by atoms with van der Waals surface area (Å²) in [7, 11) is 0. The van der Waals surface area contributed by atoms with Gasteiger partial charge in [0, 0.05) is 0 Å². The van der Waals surface area contributed by atoms with Crippen molar-refractivity contribution in [3.63, 3.8) is 0 Å². The van der Waals surface area contributed by atoms with Gasteiger partial charge in [-0.05, 0) is 19.8 Å². The number of H-pyrrole nitrogens is 1. The largest absolute Gasteiger partial charge is 0.352 e. The minimum absolute atomic E-state index is 0.0570. The second kappa shape index (κ2) is 5.59. The highest BCUT2D eigenvalue weighted by Crippen LogP contribution is 2.32. The molecular weight excluding hydrogens is 312 g/mol. The van der Waals surface area contributed by atoms with Crippen LogP contribution in [0.3, 0.4) is 0 Å². The first kappa shape index (κ1) is 14.8. The zero-order valence-electron chi connectivity index (χ0n) is 11.6. The number of nitroso groups, excluding NO2 is 1. The Kier molecular flexibility index (Phi) is 3.76. The van der Waals surface area contributed by atoms with Gasteiger partial charge in [-0.25, -0.2) is 5.84 Å². The van der Waals surface area contributed by atoms with Gasteiger partial charge in [-0.2, -0.15) is 9.89 Å². The summed E-state index contributed by atoms with van der Waals surface area (Å²) >= 11 is 0.794. The van der Waals surface area contributed by atoms with E-state index in [4.69, 9.17) is 10.6 Å². The molecule has 10 nitrogen and oxygen atoms in total. The third kappa shape index (κ3) is 2.32. The van der Waals surface area contributed by atoms with E-state index in [-0.39, 0.29) is 27.3 Å². The molecule has 0 aliphatic carbocycles. The van der Waals surface area contributed by atoms with Crippen LogP contribution in [0.1, 0.15) is 26.0 Å². The molecule has 1 aliphatic rings. The average Bonchev–Trinajstić information content (AvgIpc) is 3.10. The lowest BCUT2D eigenvalue weighted by Crippen LogP contribution is -2.25. The Bertz CT molecular complexity index is 826. The highest BCUT2D eigenvalue weighted by molar-refractivity contribution is 7.16. The zero-order chi connectivity index (χ0) is 15.9. The summed E-state index contributed by atoms with van der Waals surface area (Å²) in [6, 6.07) is -0.497. The molecule has 0 amide bonds. The molecule has 0 spiro atoms. The molecule has 1 aliphatic heterocycles. The van der Waals surface area contributed by atoms with Crippen LogP contribution in [0.2, 0.25) is 0 Å². The summed E-state index contributed by atoms with van der Waals surface area (Å²) in [6.45, 7) is 1.66. The molecule has 2 aromatic rings. The molecule has 1 saturated heterocycles. The molecule has 0 bridgehead atoms. The number of aromatic amines is 1. The maximum atomic E-state index is 12.2. The third-order valence-corrected chi connectivity index (χ3v) is 4.58. The molecule has 2 aromatic heterocycles. The van der Waals surface area contributed by atoms with E-state index in [1.54, 1.807) is 6.92 Å². The lowest BCUT2D eigenvalue weighted by molar-refractivity contribution is -0.00535. The predicted octanol–water partition coefficient (Wildman–Crippen LogP) is 0.264. The van der Waals surface area contributed by atoms with Crippen molar-refractivity contribution in [2.24, 2.45) is 11.0 Å². The molecule has 118 valence electrons. The minimum Gasteiger partial charge on any atom is -0.352 e. The van der Waals surface area contributed by atoms with E-state index in [0.717, 1.165) is 11.3 Å². The van der Waals surface area contributed by atoms with Crippen molar-refractivity contribution in [3.05, 3.63) is 24.9 Å². The number of ether oxygens (including phenoxy) is 1. The predicted molar refractivity (Wildman–Crippen MR) is 80.7 cm³/mol. The number of aromatic nitrogens is 3. The van der Waals surface area contributed by atoms with Gasteiger partial charge < -0.3 is 4.74 Å². The van der Waals surface area contributed by atoms with Crippen LogP contribution in [0.15, 0.2) is 14.8 Å². The minimum atomic E-state index is -0.574. The number of hydrogen-bond donors (Lipinski definition) is 3. The quantitative estimate of drug-likeness (QED) is 0.415. The molecule has 0 saturated carbocycles. The Balaban J connectivity index is 2.06. The number of hydrogen-bond acceptors (Lipinski definition) is 9. The Hall–Kier alpha value is -2.11. The van der Waals surface area contributed by atoms with Crippen LogP contribution >= 0.6 is 11.3 Å². The molecule has 4 N–H and O–H groups in total. The summed E-state index contributed by atoms with van der Waals surface area (Å²) in [4.78, 5) is 40.9. The first-order chi connectivity index (χ1) is 10.5. The van der Waals surface area contributed by atoms with E-state index in [1.165, 1.54) is 4.57 Å². The average molecular weight is 326 g/mol. The van der Waals surface area contributed by atoms with Crippen LogP contribution in [0, 0.1) is 4.91 Å². The van der Waals surface area contributed by atoms with Crippen LogP contribution in [-0.2, 0) is 4.74 Å². The summed E-state index contributed by atoms with van der Waals surface area (Å²) in [5, 5.41) is 2.96. The van der Waals surface area contributed by atoms with Gasteiger partial charge in [0.2, 0.25) is 5.95 Å². The number of nitrogens with one attached hydrogen (secondary N) is 2. The number of nitrogens with two attached hydrogens (primary N) is 1. The van der Waals surface area contributed by atoms with E-state index in [0.29, 0.717) is 12.8 Å². The maximum absolute atomic E-state index is 12.2. The van der Waals surface area contributed by atoms with Crippen LogP contribution in [0.5, 0.6) is 0 Å². The monoisotopic (exact) mass is 326 g/mol. The maximum Gasteiger partial charge on any atom is 0.311 e. The molecule has 3 atom stereocenters. The van der Waals surface area contributed by atoms with Crippen LogP contribution in [0.4, 0.5) is 5.95 Å². The third-order valence-electron chi connectivity index (χ3n) is 3.63. The summed E-state index contributed by atoms with van der Waals surface area (Å²) < 4.78 is 7.27. The number of nitrogen functional groups attached to an aromatic ring is 1. The number of fused-ring (bicyclic) bond motifs is 1. The van der Waals surface area contributed by atoms with Crippen molar-refractivity contribution >= 4 is 27.6 Å². The molecule has 0 radical (unpaired) electrons. The summed E-state index contributed by atoms with van der Waals surface area (Å²) in [5.41, 5.74) is 2.01. The SMILES string of the molecule is CC(N=O)[C@@H]1CC[C@H](n2c(=O)sc3c(=O)[nH]c(NN)nc32)O1. The second-order valence-electron chi connectivity index (χ2n) is 5.00. The van der Waals surface area contributed by atoms with E-state index >= 15 is 0 Å². The number of anilines is 1. The molecule has 22 heavy (non-hydrogen) atoms. The van der Waals surface area contributed by atoms with Crippen molar-refractivity contribution in [2.75, 3.05) is 5.43 Å². The lowest BCUT2D eigenvalue weighted by atomic mass is 10.1. The van der Waals surface area contributed by atoms with Gasteiger partial charge in [0.1, 0.15) is 17.0 Å². The highest BCUT2D eigenvalue weighted by Gasteiger charge is 2.33. The van der Waals surface area contributed by atoms with Gasteiger partial charge in [-0.15, -0.1) is 0 Å². The lowest BCUT2D eigenvalue weighted by Gasteiger charge is -2.15. The summed E-state index contributed by atoms with van der Waals surface area (Å²) in [6.07, 6.45) is 0.219. The van der Waals surface area contributed by atoms with Crippen molar-refractivity contribution in [1.29, 1.82) is 0 Å². The standard InChI is InChI=1S/C11H14N6O4S/c1-4(16-20)5-2-3-6(21-5)17-8-7(22-11(17)19)9(18)14-10(13-8)15-12/h4-6H,2-3,12H2,1H3,(H2,13,14,15,18)/t4?,5-,6+/m0/s1. The molecular formula is C11H14N6O4S. The smallest absolute Gasteiger partial charge is 0.311 e. The van der Waals surface area contributed by atoms with E-state index in [1.807, 2.05) is 0 Å². The van der Waals surface area contributed by atoms with Gasteiger partial charge in [0.15, 0.2) is 5.65 Å². The van der Waals surface area contributed by atoms with Gasteiger partial charge in [-0.1, -0.05) is 16.5 Å². The van der Waals surface area contributed by atoms with Crippen molar-refractivity contribution < 1.29 is 4.74 Å². The second-order valence-corrected chi connectivity index (χ2v) is 5.96. The normalized spacial score (nSPS) is 22.8. The number of thiazole rings is 1. The molecule has 0 aromatic carbocycles. The number of nitrogens with zero attached hydrogens (tertiary/aromatic N) is 3. The first-order valence-corrected chi connectivity index (χ1v) is 7.46. The van der Waals surface area contributed by atoms with Gasteiger partial charge in [0.25, 0.3) is 5.56 Å². The topological polar surface area (TPSA) is 144 Å². The van der Waals surface area contributed by atoms with Gasteiger partial charge in [-0.3, -0.25) is 24.6 Å². The fourth-order valence-corrected chi connectivity index (χ4v) is 3.36. The van der Waals surface area contributed by atoms with E-state index in [2.05, 4.69) is 20.6 Å². The van der Waals surface area contributed by atoms with Crippen molar-refractivity contribution in [1.82, 2.24) is 14.5 Å².